The van der Waals surface area contributed by atoms with Gasteiger partial charge < -0.3 is 0 Å². The van der Waals surface area contributed by atoms with Crippen molar-refractivity contribution in [2.45, 2.75) is 57.1 Å². The number of fused-ring (bicyclic) bond motifs is 1. The summed E-state index contributed by atoms with van der Waals surface area (Å²) in [5, 5.41) is 11.5. The number of rotatable bonds is 9. The average Bonchev–Trinajstić information content (AvgIpc) is 3.32. The van der Waals surface area contributed by atoms with Crippen LogP contribution >= 0.6 is 11.3 Å². The molecule has 0 bridgehead atoms. The molecule has 0 unspecified atom stereocenters. The summed E-state index contributed by atoms with van der Waals surface area (Å²) in [5.74, 6) is 0.914. The van der Waals surface area contributed by atoms with Crippen molar-refractivity contribution < 1.29 is 19.4 Å². The number of aromatic nitrogens is 1. The zero-order valence-corrected chi connectivity index (χ0v) is 24.4. The van der Waals surface area contributed by atoms with Gasteiger partial charge in [0.25, 0.3) is 0 Å². The maximum atomic E-state index is 13.0. The summed E-state index contributed by atoms with van der Waals surface area (Å²) >= 11 is 0.521. The van der Waals surface area contributed by atoms with Crippen LogP contribution in [0.15, 0.2) is 66.9 Å². The SMILES string of the molecule is CC(C)c1ccc(C[C@H]([As]C(=O)c2cc3ccc(Oc4ccc(C(C)(C)C)cc4)cc3cn2)C(=O)O)s1. The van der Waals surface area contributed by atoms with Crippen LogP contribution in [0.1, 0.15) is 66.3 Å². The Hall–Kier alpha value is -2.95. The van der Waals surface area contributed by atoms with Crippen molar-refractivity contribution >= 4 is 48.4 Å². The van der Waals surface area contributed by atoms with Crippen LogP contribution in [0.2, 0.25) is 4.71 Å². The van der Waals surface area contributed by atoms with Gasteiger partial charge >= 0.3 is 203 Å². The Morgan fingerprint density at radius 1 is 0.973 bits per heavy atom. The number of thiophene rings is 1. The summed E-state index contributed by atoms with van der Waals surface area (Å²) in [6.45, 7) is 10.8. The van der Waals surface area contributed by atoms with Crippen LogP contribution in [0.4, 0.5) is 0 Å². The molecule has 1 atom stereocenters. The topological polar surface area (TPSA) is 76.5 Å². The predicted octanol–water partition coefficient (Wildman–Crippen LogP) is 7.47. The zero-order chi connectivity index (χ0) is 26.7. The summed E-state index contributed by atoms with van der Waals surface area (Å²) < 4.78 is 5.16. The van der Waals surface area contributed by atoms with Gasteiger partial charge in [-0.05, 0) is 5.41 Å². The molecule has 7 heteroatoms. The molecule has 2 aromatic carbocycles. The molecular formula is C30H31AsNO4S. The van der Waals surface area contributed by atoms with E-state index in [4.69, 9.17) is 4.74 Å². The molecule has 1 radical (unpaired) electrons. The van der Waals surface area contributed by atoms with Crippen molar-refractivity contribution in [2.75, 3.05) is 0 Å². The summed E-state index contributed by atoms with van der Waals surface area (Å²) in [6, 6.07) is 19.5. The van der Waals surface area contributed by atoms with Crippen LogP contribution in [-0.4, -0.2) is 36.4 Å². The number of pyridine rings is 1. The molecule has 0 saturated heterocycles. The van der Waals surface area contributed by atoms with E-state index in [1.807, 2.05) is 42.5 Å². The van der Waals surface area contributed by atoms with Gasteiger partial charge in [0.05, 0.1) is 0 Å². The number of carboxylic acid groups (broad SMARTS) is 1. The molecule has 191 valence electrons. The second-order valence-electron chi connectivity index (χ2n) is 10.4. The van der Waals surface area contributed by atoms with Crippen LogP contribution in [0, 0.1) is 0 Å². The van der Waals surface area contributed by atoms with Gasteiger partial charge in [0, 0.05) is 0 Å². The van der Waals surface area contributed by atoms with E-state index in [9.17, 15) is 14.7 Å². The first-order valence-electron chi connectivity index (χ1n) is 12.2. The Bertz CT molecular complexity index is 1420. The minimum absolute atomic E-state index is 0.0793. The zero-order valence-electron chi connectivity index (χ0n) is 21.7. The molecule has 0 aliphatic rings. The van der Waals surface area contributed by atoms with E-state index in [1.165, 1.54) is 10.4 Å². The van der Waals surface area contributed by atoms with Gasteiger partial charge in [-0.1, -0.05) is 20.8 Å². The standard InChI is InChI=1S/C30H31AsNO4S/c1-18(2)27-13-12-24(37-27)16-25(29(34)35)31-28(33)26-15-19-6-9-23(14-20(19)17-32-26)36-22-10-7-21(8-11-22)30(3,4)5/h6-15,17-18,25H,16H2,1-5H3,(H,34,35)/t25-/m0/s1. The first-order chi connectivity index (χ1) is 17.5. The van der Waals surface area contributed by atoms with Crippen LogP contribution in [-0.2, 0) is 16.6 Å². The molecule has 0 spiro atoms. The fraction of sp³-hybridized carbons (Fsp3) is 0.300. The molecule has 2 aromatic heterocycles. The van der Waals surface area contributed by atoms with Gasteiger partial charge in [0.15, 0.2) is 0 Å². The first-order valence-corrected chi connectivity index (χ1v) is 15.1. The van der Waals surface area contributed by atoms with E-state index < -0.39 is 26.4 Å². The third kappa shape index (κ3) is 6.88. The van der Waals surface area contributed by atoms with Crippen LogP contribution in [0.5, 0.6) is 11.5 Å². The number of carbonyl (C=O) groups excluding carboxylic acids is 1. The molecule has 2 heterocycles. The Balaban J connectivity index is 1.45. The normalized spacial score (nSPS) is 12.9. The van der Waals surface area contributed by atoms with Crippen LogP contribution < -0.4 is 4.74 Å². The van der Waals surface area contributed by atoms with Crippen molar-refractivity contribution in [1.82, 2.24) is 4.98 Å². The summed E-state index contributed by atoms with van der Waals surface area (Å²) in [4.78, 5) is 31.5. The molecule has 5 nitrogen and oxygen atoms in total. The van der Waals surface area contributed by atoms with Crippen LogP contribution in [0.3, 0.4) is 0 Å². The summed E-state index contributed by atoms with van der Waals surface area (Å²) in [7, 11) is 0. The van der Waals surface area contributed by atoms with E-state index in [2.05, 4.69) is 51.7 Å². The number of aliphatic carboxylic acids is 1. The number of benzene rings is 2. The van der Waals surface area contributed by atoms with Crippen molar-refractivity contribution in [2.24, 2.45) is 0 Å². The average molecular weight is 577 g/mol. The number of hydrogen-bond donors (Lipinski definition) is 1. The molecule has 4 rings (SSSR count). The van der Waals surface area contributed by atoms with Gasteiger partial charge in [-0.2, -0.15) is 0 Å². The molecule has 0 amide bonds. The number of carbonyl (C=O) groups is 2. The van der Waals surface area contributed by atoms with Gasteiger partial charge in [-0.15, -0.1) is 0 Å². The second-order valence-corrected chi connectivity index (χ2v) is 14.3. The maximum absolute atomic E-state index is 13.0. The monoisotopic (exact) mass is 576 g/mol. The quantitative estimate of drug-likeness (QED) is 0.209. The van der Waals surface area contributed by atoms with Gasteiger partial charge in [-0.3, -0.25) is 0 Å². The van der Waals surface area contributed by atoms with Gasteiger partial charge in [-0.25, -0.2) is 0 Å². The van der Waals surface area contributed by atoms with E-state index in [1.54, 1.807) is 23.6 Å². The molecule has 37 heavy (non-hydrogen) atoms. The summed E-state index contributed by atoms with van der Waals surface area (Å²) in [5.41, 5.74) is 1.64. The molecule has 1 N–H and O–H groups in total. The van der Waals surface area contributed by atoms with Crippen molar-refractivity contribution in [3.05, 3.63) is 87.9 Å². The van der Waals surface area contributed by atoms with Crippen molar-refractivity contribution in [3.8, 4) is 11.5 Å². The molecule has 4 aromatic rings. The first kappa shape index (κ1) is 27.1. The van der Waals surface area contributed by atoms with E-state index in [0.717, 1.165) is 21.4 Å². The molecule has 0 fully saturated rings. The van der Waals surface area contributed by atoms with E-state index in [-0.39, 0.29) is 9.99 Å². The summed E-state index contributed by atoms with van der Waals surface area (Å²) in [6.07, 6.45) is 2.03. The molecule has 0 aliphatic carbocycles. The van der Waals surface area contributed by atoms with Crippen molar-refractivity contribution in [3.63, 3.8) is 0 Å². The van der Waals surface area contributed by atoms with Crippen molar-refractivity contribution in [1.29, 1.82) is 0 Å². The van der Waals surface area contributed by atoms with Gasteiger partial charge in [0.1, 0.15) is 0 Å². The molecule has 0 aliphatic heterocycles. The Labute approximate surface area is 228 Å². The number of nitrogens with zero attached hydrogens (tertiary/aromatic N) is 1. The number of hydrogen-bond acceptors (Lipinski definition) is 5. The Kier molecular flexibility index (Phi) is 8.20. The Morgan fingerprint density at radius 3 is 2.30 bits per heavy atom. The third-order valence-corrected chi connectivity index (χ3v) is 9.95. The molecular weight excluding hydrogens is 545 g/mol. The molecule has 0 saturated carbocycles. The van der Waals surface area contributed by atoms with E-state index in [0.29, 0.717) is 23.8 Å². The fourth-order valence-electron chi connectivity index (χ4n) is 3.86. The number of ether oxygens (including phenoxy) is 1. The van der Waals surface area contributed by atoms with Crippen LogP contribution in [0.25, 0.3) is 10.8 Å². The second kappa shape index (κ2) is 11.2. The van der Waals surface area contributed by atoms with E-state index >= 15 is 0 Å². The Morgan fingerprint density at radius 2 is 1.68 bits per heavy atom. The minimum atomic E-state index is -1.11. The number of carboxylic acids is 1. The third-order valence-electron chi connectivity index (χ3n) is 6.07. The van der Waals surface area contributed by atoms with Gasteiger partial charge in [0.2, 0.25) is 0 Å². The fourth-order valence-corrected chi connectivity index (χ4v) is 7.15. The predicted molar refractivity (Wildman–Crippen MR) is 151 cm³/mol.